The van der Waals surface area contributed by atoms with Crippen LogP contribution in [0.1, 0.15) is 15.9 Å². The number of nitrogens with one attached hydrogen (secondary N) is 1. The summed E-state index contributed by atoms with van der Waals surface area (Å²) in [4.78, 5) is 17.0. The van der Waals surface area contributed by atoms with Gasteiger partial charge in [0.1, 0.15) is 0 Å². The van der Waals surface area contributed by atoms with E-state index in [1.165, 1.54) is 19.2 Å². The SMILES string of the molecule is COc1ccc(C(=O)Nc2ccc(N3CCN(c4ccc(C#N)cc4)CC3)cc2)cc1F. The van der Waals surface area contributed by atoms with Crippen molar-refractivity contribution in [2.75, 3.05) is 48.4 Å². The van der Waals surface area contributed by atoms with Crippen LogP contribution in [0.2, 0.25) is 0 Å². The molecular formula is C25H23FN4O2. The van der Waals surface area contributed by atoms with Gasteiger partial charge in [0.05, 0.1) is 18.7 Å². The van der Waals surface area contributed by atoms with Crippen LogP contribution in [0.25, 0.3) is 0 Å². The third-order valence-corrected chi connectivity index (χ3v) is 5.55. The Balaban J connectivity index is 1.34. The molecule has 1 saturated heterocycles. The molecule has 0 saturated carbocycles. The van der Waals surface area contributed by atoms with Crippen LogP contribution < -0.4 is 19.9 Å². The maximum Gasteiger partial charge on any atom is 0.255 e. The minimum Gasteiger partial charge on any atom is -0.494 e. The fraction of sp³-hybridized carbons (Fsp3) is 0.200. The van der Waals surface area contributed by atoms with Gasteiger partial charge in [0.2, 0.25) is 0 Å². The number of piperazine rings is 1. The molecule has 0 aliphatic carbocycles. The van der Waals surface area contributed by atoms with Gasteiger partial charge in [-0.1, -0.05) is 0 Å². The molecule has 4 rings (SSSR count). The van der Waals surface area contributed by atoms with Crippen LogP contribution in [0, 0.1) is 17.1 Å². The van der Waals surface area contributed by atoms with Gasteiger partial charge < -0.3 is 19.9 Å². The average molecular weight is 430 g/mol. The number of hydrogen-bond acceptors (Lipinski definition) is 5. The van der Waals surface area contributed by atoms with Gasteiger partial charge >= 0.3 is 0 Å². The number of anilines is 3. The summed E-state index contributed by atoms with van der Waals surface area (Å²) in [6.07, 6.45) is 0. The number of ether oxygens (including phenoxy) is 1. The molecule has 0 atom stereocenters. The Morgan fingerprint density at radius 2 is 1.50 bits per heavy atom. The van der Waals surface area contributed by atoms with Gasteiger partial charge in [-0.2, -0.15) is 5.26 Å². The van der Waals surface area contributed by atoms with Crippen LogP contribution in [-0.4, -0.2) is 39.2 Å². The summed E-state index contributed by atoms with van der Waals surface area (Å²) in [5.41, 5.74) is 3.74. The number of nitriles is 1. The van der Waals surface area contributed by atoms with E-state index in [1.807, 2.05) is 48.5 Å². The largest absolute Gasteiger partial charge is 0.494 e. The molecule has 3 aromatic carbocycles. The van der Waals surface area contributed by atoms with E-state index in [4.69, 9.17) is 10.00 Å². The summed E-state index contributed by atoms with van der Waals surface area (Å²) in [7, 11) is 1.38. The normalized spacial score (nSPS) is 13.4. The van der Waals surface area contributed by atoms with Crippen LogP contribution in [0.5, 0.6) is 5.75 Å². The molecule has 0 aromatic heterocycles. The molecule has 0 spiro atoms. The third-order valence-electron chi connectivity index (χ3n) is 5.55. The topological polar surface area (TPSA) is 68.6 Å². The lowest BCUT2D eigenvalue weighted by Gasteiger charge is -2.37. The Morgan fingerprint density at radius 1 is 0.938 bits per heavy atom. The number of rotatable bonds is 5. The quantitative estimate of drug-likeness (QED) is 0.654. The molecule has 6 nitrogen and oxygen atoms in total. The van der Waals surface area contributed by atoms with Crippen molar-refractivity contribution in [1.82, 2.24) is 0 Å². The first-order chi connectivity index (χ1) is 15.6. The summed E-state index contributed by atoms with van der Waals surface area (Å²) in [5, 5.41) is 11.7. The molecule has 0 bridgehead atoms. The van der Waals surface area contributed by atoms with Crippen molar-refractivity contribution >= 4 is 23.0 Å². The predicted octanol–water partition coefficient (Wildman–Crippen LogP) is 4.28. The molecule has 162 valence electrons. The third kappa shape index (κ3) is 4.65. The average Bonchev–Trinajstić information content (AvgIpc) is 2.84. The fourth-order valence-electron chi connectivity index (χ4n) is 3.74. The van der Waals surface area contributed by atoms with Gasteiger partial charge in [-0.15, -0.1) is 0 Å². The number of benzene rings is 3. The van der Waals surface area contributed by atoms with E-state index in [9.17, 15) is 9.18 Å². The maximum absolute atomic E-state index is 13.9. The minimum atomic E-state index is -0.573. The van der Waals surface area contributed by atoms with Gasteiger partial charge in [-0.3, -0.25) is 4.79 Å². The molecule has 1 aliphatic heterocycles. The molecule has 1 aliphatic rings. The molecule has 0 unspecified atom stereocenters. The number of halogens is 1. The Morgan fingerprint density at radius 3 is 2.00 bits per heavy atom. The zero-order chi connectivity index (χ0) is 22.5. The van der Waals surface area contributed by atoms with Gasteiger partial charge in [0.15, 0.2) is 11.6 Å². The summed E-state index contributed by atoms with van der Waals surface area (Å²) >= 11 is 0. The lowest BCUT2D eigenvalue weighted by molar-refractivity contribution is 0.102. The van der Waals surface area contributed by atoms with Crippen molar-refractivity contribution in [3.05, 3.63) is 83.7 Å². The monoisotopic (exact) mass is 430 g/mol. The number of amides is 1. The molecule has 0 radical (unpaired) electrons. The van der Waals surface area contributed by atoms with Crippen LogP contribution in [0.15, 0.2) is 66.7 Å². The van der Waals surface area contributed by atoms with Crippen molar-refractivity contribution in [1.29, 1.82) is 5.26 Å². The first kappa shape index (κ1) is 21.2. The second kappa shape index (κ2) is 9.40. The van der Waals surface area contributed by atoms with Gasteiger partial charge in [0, 0.05) is 48.8 Å². The number of carbonyl (C=O) groups is 1. The van der Waals surface area contributed by atoms with E-state index >= 15 is 0 Å². The van der Waals surface area contributed by atoms with Crippen molar-refractivity contribution in [3.63, 3.8) is 0 Å². The predicted molar refractivity (Wildman–Crippen MR) is 123 cm³/mol. The van der Waals surface area contributed by atoms with Crippen molar-refractivity contribution in [2.24, 2.45) is 0 Å². The number of carbonyl (C=O) groups excluding carboxylic acids is 1. The van der Waals surface area contributed by atoms with Gasteiger partial charge in [-0.05, 0) is 66.7 Å². The standard InChI is InChI=1S/C25H23FN4O2/c1-32-24-11-4-19(16-23(24)26)25(31)28-20-5-9-22(10-6-20)30-14-12-29(13-15-30)21-7-2-18(17-27)3-8-21/h2-11,16H,12-15H2,1H3,(H,28,31). The minimum absolute atomic E-state index is 0.102. The molecule has 1 amide bonds. The van der Waals surface area contributed by atoms with Crippen LogP contribution >= 0.6 is 0 Å². The number of methoxy groups -OCH3 is 1. The summed E-state index contributed by atoms with van der Waals surface area (Å²) in [6, 6.07) is 21.6. The van der Waals surface area contributed by atoms with E-state index in [-0.39, 0.29) is 17.2 Å². The van der Waals surface area contributed by atoms with Crippen LogP contribution in [0.3, 0.4) is 0 Å². The van der Waals surface area contributed by atoms with Crippen LogP contribution in [0.4, 0.5) is 21.5 Å². The van der Waals surface area contributed by atoms with E-state index in [0.29, 0.717) is 11.3 Å². The van der Waals surface area contributed by atoms with E-state index < -0.39 is 5.82 Å². The molecule has 32 heavy (non-hydrogen) atoms. The van der Waals surface area contributed by atoms with E-state index in [1.54, 1.807) is 0 Å². The second-order valence-corrected chi connectivity index (χ2v) is 7.48. The van der Waals surface area contributed by atoms with Gasteiger partial charge in [-0.25, -0.2) is 4.39 Å². The lowest BCUT2D eigenvalue weighted by Crippen LogP contribution is -2.46. The zero-order valence-corrected chi connectivity index (χ0v) is 17.7. The highest BCUT2D eigenvalue weighted by Gasteiger charge is 2.18. The Kier molecular flexibility index (Phi) is 6.22. The molecule has 1 heterocycles. The van der Waals surface area contributed by atoms with E-state index in [2.05, 4.69) is 21.2 Å². The van der Waals surface area contributed by atoms with Crippen LogP contribution in [-0.2, 0) is 0 Å². The Bertz CT molecular complexity index is 1130. The summed E-state index contributed by atoms with van der Waals surface area (Å²) in [5.74, 6) is -0.851. The van der Waals surface area contributed by atoms with Crippen molar-refractivity contribution in [3.8, 4) is 11.8 Å². The highest BCUT2D eigenvalue weighted by molar-refractivity contribution is 6.04. The van der Waals surface area contributed by atoms with Crippen molar-refractivity contribution in [2.45, 2.75) is 0 Å². The highest BCUT2D eigenvalue weighted by atomic mass is 19.1. The smallest absolute Gasteiger partial charge is 0.255 e. The number of hydrogen-bond donors (Lipinski definition) is 1. The van der Waals surface area contributed by atoms with E-state index in [0.717, 1.165) is 43.6 Å². The summed E-state index contributed by atoms with van der Waals surface area (Å²) < 4.78 is 18.7. The molecule has 1 fully saturated rings. The van der Waals surface area contributed by atoms with Gasteiger partial charge in [0.25, 0.3) is 5.91 Å². The summed E-state index contributed by atoms with van der Waals surface area (Å²) in [6.45, 7) is 3.51. The number of nitrogens with zero attached hydrogens (tertiary/aromatic N) is 3. The van der Waals surface area contributed by atoms with Crippen molar-refractivity contribution < 1.29 is 13.9 Å². The molecule has 7 heteroatoms. The maximum atomic E-state index is 13.9. The highest BCUT2D eigenvalue weighted by Crippen LogP contribution is 2.23. The first-order valence-corrected chi connectivity index (χ1v) is 10.3. The second-order valence-electron chi connectivity index (χ2n) is 7.48. The first-order valence-electron chi connectivity index (χ1n) is 10.3. The molecule has 1 N–H and O–H groups in total. The Labute approximate surface area is 186 Å². The molecule has 3 aromatic rings. The molecular weight excluding hydrogens is 407 g/mol. The Hall–Kier alpha value is -4.05. The fourth-order valence-corrected chi connectivity index (χ4v) is 3.74. The lowest BCUT2D eigenvalue weighted by atomic mass is 10.1. The zero-order valence-electron chi connectivity index (χ0n) is 17.7.